The summed E-state index contributed by atoms with van der Waals surface area (Å²) in [6.45, 7) is 1.97. The SMILES string of the molecule is CCc1ccc2c(c1)C1(NC(Cc3ccc(O)c(O)c3)C3C(=O)N(Cc4ccc(F)cc4)C(=O)C31)C(=O)N2. The molecule has 8 nitrogen and oxygen atoms in total. The Morgan fingerprint density at radius 3 is 2.32 bits per heavy atom. The van der Waals surface area contributed by atoms with Gasteiger partial charge in [-0.1, -0.05) is 37.3 Å². The fourth-order valence-corrected chi connectivity index (χ4v) is 6.18. The monoisotopic (exact) mass is 515 g/mol. The van der Waals surface area contributed by atoms with E-state index in [1.54, 1.807) is 6.07 Å². The average Bonchev–Trinajstić information content (AvgIpc) is 3.47. The topological polar surface area (TPSA) is 119 Å². The lowest BCUT2D eigenvalue weighted by atomic mass is 9.76. The van der Waals surface area contributed by atoms with Crippen molar-refractivity contribution in [1.82, 2.24) is 10.2 Å². The number of carbonyl (C=O) groups is 3. The molecule has 0 aromatic heterocycles. The highest BCUT2D eigenvalue weighted by atomic mass is 19.1. The summed E-state index contributed by atoms with van der Waals surface area (Å²) in [5.41, 5.74) is 2.01. The molecule has 2 fully saturated rings. The summed E-state index contributed by atoms with van der Waals surface area (Å²) >= 11 is 0. The second kappa shape index (κ2) is 8.66. The quantitative estimate of drug-likeness (QED) is 0.307. The maximum atomic E-state index is 14.0. The Kier molecular flexibility index (Phi) is 5.50. The second-order valence-electron chi connectivity index (χ2n) is 10.2. The molecule has 3 aromatic rings. The predicted molar refractivity (Wildman–Crippen MR) is 135 cm³/mol. The number of likely N-dealkylation sites (tertiary alicyclic amines) is 1. The highest BCUT2D eigenvalue weighted by Gasteiger charge is 2.70. The van der Waals surface area contributed by atoms with Gasteiger partial charge in [-0.2, -0.15) is 0 Å². The standard InChI is InChI=1S/C29H26FN3O5/c1-2-15-5-9-20-19(11-15)29(28(38)31-20)25-24(21(32-29)12-17-6-10-22(34)23(35)13-17)26(36)33(27(25)37)14-16-3-7-18(30)8-4-16/h3-11,13,21,24-25,32,34-35H,2,12,14H2,1H3,(H,31,38). The molecule has 194 valence electrons. The number of aryl methyl sites for hydroxylation is 1. The molecule has 38 heavy (non-hydrogen) atoms. The van der Waals surface area contributed by atoms with E-state index in [4.69, 9.17) is 0 Å². The number of anilines is 1. The van der Waals surface area contributed by atoms with Gasteiger partial charge in [0, 0.05) is 17.3 Å². The van der Waals surface area contributed by atoms with Gasteiger partial charge < -0.3 is 15.5 Å². The summed E-state index contributed by atoms with van der Waals surface area (Å²) in [5.74, 6) is -4.08. The van der Waals surface area contributed by atoms with E-state index in [1.165, 1.54) is 41.3 Å². The van der Waals surface area contributed by atoms with Gasteiger partial charge in [0.05, 0.1) is 18.4 Å². The van der Waals surface area contributed by atoms with Crippen LogP contribution in [0.4, 0.5) is 10.1 Å². The number of phenolic OH excluding ortho intramolecular Hbond substituents is 2. The molecule has 4 unspecified atom stereocenters. The Morgan fingerprint density at radius 1 is 0.895 bits per heavy atom. The first kappa shape index (κ1) is 24.1. The van der Waals surface area contributed by atoms with Crippen LogP contribution in [0.15, 0.2) is 60.7 Å². The van der Waals surface area contributed by atoms with Gasteiger partial charge in [-0.3, -0.25) is 24.6 Å². The van der Waals surface area contributed by atoms with E-state index >= 15 is 0 Å². The Morgan fingerprint density at radius 2 is 1.61 bits per heavy atom. The van der Waals surface area contributed by atoms with Crippen molar-refractivity contribution in [2.45, 2.75) is 37.9 Å². The first-order valence-electron chi connectivity index (χ1n) is 12.6. The molecular formula is C29H26FN3O5. The molecule has 1 spiro atoms. The Labute approximate surface area is 218 Å². The molecule has 3 heterocycles. The minimum Gasteiger partial charge on any atom is -0.504 e. The summed E-state index contributed by atoms with van der Waals surface area (Å²) < 4.78 is 13.5. The molecule has 6 rings (SSSR count). The molecule has 3 aliphatic heterocycles. The number of hydrogen-bond donors (Lipinski definition) is 4. The number of benzene rings is 3. The lowest BCUT2D eigenvalue weighted by Gasteiger charge is -2.30. The lowest BCUT2D eigenvalue weighted by molar-refractivity contribution is -0.143. The first-order chi connectivity index (χ1) is 18.2. The van der Waals surface area contributed by atoms with Crippen molar-refractivity contribution >= 4 is 23.4 Å². The third-order valence-electron chi connectivity index (χ3n) is 8.03. The fourth-order valence-electron chi connectivity index (χ4n) is 6.18. The van der Waals surface area contributed by atoms with E-state index in [-0.39, 0.29) is 24.5 Å². The number of nitrogens with one attached hydrogen (secondary N) is 2. The van der Waals surface area contributed by atoms with Gasteiger partial charge in [0.15, 0.2) is 11.5 Å². The molecule has 9 heteroatoms. The zero-order valence-electron chi connectivity index (χ0n) is 20.6. The molecule has 0 saturated carbocycles. The normalized spacial score (nSPS) is 25.7. The number of halogens is 1. The minimum atomic E-state index is -1.45. The fraction of sp³-hybridized carbons (Fsp3) is 0.276. The number of hydrogen-bond acceptors (Lipinski definition) is 6. The van der Waals surface area contributed by atoms with Crippen LogP contribution in [-0.2, 0) is 39.3 Å². The molecule has 4 atom stereocenters. The molecular weight excluding hydrogens is 489 g/mol. The van der Waals surface area contributed by atoms with Crippen LogP contribution in [0.5, 0.6) is 11.5 Å². The van der Waals surface area contributed by atoms with Crippen molar-refractivity contribution in [2.75, 3.05) is 5.32 Å². The van der Waals surface area contributed by atoms with Crippen LogP contribution in [0, 0.1) is 17.7 Å². The molecule has 0 aliphatic carbocycles. The molecule has 2 saturated heterocycles. The van der Waals surface area contributed by atoms with Gasteiger partial charge in [0.1, 0.15) is 11.4 Å². The van der Waals surface area contributed by atoms with Crippen molar-refractivity contribution in [3.63, 3.8) is 0 Å². The van der Waals surface area contributed by atoms with Gasteiger partial charge in [0.25, 0.3) is 0 Å². The number of phenols is 2. The van der Waals surface area contributed by atoms with Gasteiger partial charge >= 0.3 is 0 Å². The van der Waals surface area contributed by atoms with E-state index in [0.29, 0.717) is 22.4 Å². The highest BCUT2D eigenvalue weighted by molar-refractivity contribution is 6.15. The third-order valence-corrected chi connectivity index (χ3v) is 8.03. The van der Waals surface area contributed by atoms with E-state index < -0.39 is 47.0 Å². The highest BCUT2D eigenvalue weighted by Crippen LogP contribution is 2.53. The summed E-state index contributed by atoms with van der Waals surface area (Å²) in [6.07, 6.45) is 0.960. The van der Waals surface area contributed by atoms with Gasteiger partial charge in [-0.15, -0.1) is 0 Å². The van der Waals surface area contributed by atoms with Crippen LogP contribution >= 0.6 is 0 Å². The number of carbonyl (C=O) groups excluding carboxylic acids is 3. The zero-order valence-corrected chi connectivity index (χ0v) is 20.6. The van der Waals surface area contributed by atoms with Crippen LogP contribution in [-0.4, -0.2) is 38.9 Å². The van der Waals surface area contributed by atoms with Gasteiger partial charge in [0.2, 0.25) is 17.7 Å². The summed E-state index contributed by atoms with van der Waals surface area (Å²) in [4.78, 5) is 42.7. The predicted octanol–water partition coefficient (Wildman–Crippen LogP) is 2.96. The van der Waals surface area contributed by atoms with Gasteiger partial charge in [-0.05, 0) is 59.9 Å². The second-order valence-corrected chi connectivity index (χ2v) is 10.2. The van der Waals surface area contributed by atoms with Crippen LogP contribution in [0.1, 0.15) is 29.2 Å². The number of nitrogens with zero attached hydrogens (tertiary/aromatic N) is 1. The molecule has 3 aliphatic rings. The summed E-state index contributed by atoms with van der Waals surface area (Å²) in [5, 5.41) is 26.1. The smallest absolute Gasteiger partial charge is 0.250 e. The van der Waals surface area contributed by atoms with E-state index in [1.807, 2.05) is 25.1 Å². The maximum Gasteiger partial charge on any atom is 0.250 e. The van der Waals surface area contributed by atoms with E-state index in [0.717, 1.165) is 12.0 Å². The molecule has 3 aromatic carbocycles. The largest absolute Gasteiger partial charge is 0.504 e. The molecule has 0 radical (unpaired) electrons. The summed E-state index contributed by atoms with van der Waals surface area (Å²) in [7, 11) is 0. The van der Waals surface area contributed by atoms with Crippen LogP contribution < -0.4 is 10.6 Å². The maximum absolute atomic E-state index is 14.0. The van der Waals surface area contributed by atoms with Crippen LogP contribution in [0.25, 0.3) is 0 Å². The van der Waals surface area contributed by atoms with Crippen LogP contribution in [0.2, 0.25) is 0 Å². The van der Waals surface area contributed by atoms with Crippen molar-refractivity contribution in [3.8, 4) is 11.5 Å². The summed E-state index contributed by atoms with van der Waals surface area (Å²) in [6, 6.07) is 15.0. The van der Waals surface area contributed by atoms with Crippen molar-refractivity contribution < 1.29 is 29.0 Å². The molecule has 4 N–H and O–H groups in total. The minimum absolute atomic E-state index is 0.0305. The number of rotatable bonds is 5. The Bertz CT molecular complexity index is 1490. The number of imide groups is 1. The molecule has 3 amide bonds. The molecule has 0 bridgehead atoms. The number of aromatic hydroxyl groups is 2. The van der Waals surface area contributed by atoms with Crippen molar-refractivity contribution in [2.24, 2.45) is 11.8 Å². The zero-order chi connectivity index (χ0) is 26.8. The number of fused-ring (bicyclic) bond motifs is 4. The van der Waals surface area contributed by atoms with E-state index in [9.17, 15) is 29.0 Å². The van der Waals surface area contributed by atoms with Gasteiger partial charge in [-0.25, -0.2) is 4.39 Å². The third kappa shape index (κ3) is 3.49. The Hall–Kier alpha value is -4.24. The van der Waals surface area contributed by atoms with Crippen LogP contribution in [0.3, 0.4) is 0 Å². The van der Waals surface area contributed by atoms with E-state index in [2.05, 4.69) is 10.6 Å². The average molecular weight is 516 g/mol. The van der Waals surface area contributed by atoms with Crippen molar-refractivity contribution in [3.05, 3.63) is 88.7 Å². The number of amides is 3. The Balaban J connectivity index is 1.45. The van der Waals surface area contributed by atoms with Crippen molar-refractivity contribution in [1.29, 1.82) is 0 Å². The lowest BCUT2D eigenvalue weighted by Crippen LogP contribution is -2.53. The first-order valence-corrected chi connectivity index (χ1v) is 12.6.